The summed E-state index contributed by atoms with van der Waals surface area (Å²) in [5.41, 5.74) is 0.888. The van der Waals surface area contributed by atoms with Crippen molar-refractivity contribution >= 4 is 11.8 Å². The predicted molar refractivity (Wildman–Crippen MR) is 72.5 cm³/mol. The molecule has 108 valence electrons. The average molecular weight is 291 g/mol. The van der Waals surface area contributed by atoms with E-state index in [0.29, 0.717) is 11.1 Å². The Balaban J connectivity index is 2.26. The molecule has 0 saturated carbocycles. The molecule has 0 fully saturated rings. The SMILES string of the molecule is [2H]OC(=O)CCC(=O)c1ncc(-c2cccc(F)c2)cc1O[2H]. The van der Waals surface area contributed by atoms with Crippen LogP contribution in [0.15, 0.2) is 36.5 Å². The summed E-state index contributed by atoms with van der Waals surface area (Å²) in [4.78, 5) is 26.8. The van der Waals surface area contributed by atoms with Crippen LogP contribution in [0.2, 0.25) is 0 Å². The van der Waals surface area contributed by atoms with Gasteiger partial charge in [0.2, 0.25) is 0 Å². The highest BCUT2D eigenvalue weighted by Crippen LogP contribution is 2.26. The standard InChI is InChI=1S/C15H12FNO4/c16-11-3-1-2-9(6-11)10-7-13(19)15(17-8-10)12(18)4-5-14(20)21/h1-3,6-8,19H,4-5H2,(H,20,21)/i/hD2. The van der Waals surface area contributed by atoms with Crippen molar-refractivity contribution in [2.75, 3.05) is 0 Å². The third kappa shape index (κ3) is 3.62. The van der Waals surface area contributed by atoms with E-state index in [1.165, 1.54) is 30.5 Å². The van der Waals surface area contributed by atoms with Gasteiger partial charge in [-0.1, -0.05) is 12.1 Å². The van der Waals surface area contributed by atoms with Crippen LogP contribution >= 0.6 is 0 Å². The number of carbonyl (C=O) groups excluding carboxylic acids is 1. The number of pyridine rings is 1. The molecule has 0 bridgehead atoms. The number of carboxylic acids is 1. The normalized spacial score (nSPS) is 11.3. The van der Waals surface area contributed by atoms with Gasteiger partial charge >= 0.3 is 5.97 Å². The Bertz CT molecular complexity index is 739. The molecule has 2 aromatic rings. The molecule has 0 spiro atoms. The van der Waals surface area contributed by atoms with E-state index in [-0.39, 0.29) is 24.3 Å². The number of ketones is 1. The molecule has 1 aromatic carbocycles. The zero-order chi connectivity index (χ0) is 16.8. The molecule has 0 amide bonds. The number of aromatic hydroxyl groups is 1. The monoisotopic (exact) mass is 291 g/mol. The van der Waals surface area contributed by atoms with E-state index in [1.807, 2.05) is 0 Å². The maximum atomic E-state index is 13.3. The van der Waals surface area contributed by atoms with Crippen molar-refractivity contribution in [2.45, 2.75) is 12.8 Å². The minimum absolute atomic E-state index is 0.101. The summed E-state index contributed by atoms with van der Waals surface area (Å²) in [6.45, 7) is 0. The predicted octanol–water partition coefficient (Wildman–Crippen LogP) is 2.64. The molecule has 0 saturated heterocycles. The first kappa shape index (κ1) is 12.0. The van der Waals surface area contributed by atoms with E-state index >= 15 is 0 Å². The van der Waals surface area contributed by atoms with Gasteiger partial charge in [0.15, 0.2) is 5.78 Å². The molecule has 0 aliphatic rings. The smallest absolute Gasteiger partial charge is 0.303 e. The number of halogens is 1. The topological polar surface area (TPSA) is 87.5 Å². The van der Waals surface area contributed by atoms with Crippen LogP contribution in [0.1, 0.15) is 23.3 Å². The van der Waals surface area contributed by atoms with Gasteiger partial charge in [-0.2, -0.15) is 0 Å². The molecule has 2 N–H and O–H groups in total. The van der Waals surface area contributed by atoms with E-state index in [4.69, 9.17) is 2.86 Å². The highest BCUT2D eigenvalue weighted by atomic mass is 19.1. The Morgan fingerprint density at radius 2 is 2.10 bits per heavy atom. The van der Waals surface area contributed by atoms with Crippen LogP contribution in [0, 0.1) is 5.82 Å². The maximum absolute atomic E-state index is 13.3. The third-order valence-electron chi connectivity index (χ3n) is 2.83. The molecule has 1 heterocycles. The van der Waals surface area contributed by atoms with Crippen LogP contribution in [-0.2, 0) is 4.79 Å². The number of rotatable bonds is 6. The first-order valence-corrected chi connectivity index (χ1v) is 6.13. The molecule has 21 heavy (non-hydrogen) atoms. The molecule has 0 atom stereocenters. The second kappa shape index (κ2) is 6.13. The van der Waals surface area contributed by atoms with E-state index < -0.39 is 17.6 Å². The number of aliphatic carboxylic acids is 1. The maximum Gasteiger partial charge on any atom is 0.303 e. The minimum Gasteiger partial charge on any atom is -0.506 e. The van der Waals surface area contributed by atoms with Gasteiger partial charge in [-0.15, -0.1) is 0 Å². The lowest BCUT2D eigenvalue weighted by Crippen LogP contribution is -2.06. The van der Waals surface area contributed by atoms with Gasteiger partial charge < -0.3 is 10.2 Å². The Morgan fingerprint density at radius 1 is 1.24 bits per heavy atom. The van der Waals surface area contributed by atoms with Crippen molar-refractivity contribution in [1.29, 1.82) is 2.86 Å². The van der Waals surface area contributed by atoms with Crippen molar-refractivity contribution in [3.63, 3.8) is 0 Å². The molecular formula is C15H12FNO4. The zero-order valence-corrected chi connectivity index (χ0v) is 10.8. The molecule has 0 radical (unpaired) electrons. The number of hydrogen-bond acceptors (Lipinski definition) is 5. The summed E-state index contributed by atoms with van der Waals surface area (Å²) in [6, 6.07) is 7.15. The van der Waals surface area contributed by atoms with Gasteiger partial charge in [-0.3, -0.25) is 9.59 Å². The van der Waals surface area contributed by atoms with Crippen molar-refractivity contribution < 1.29 is 24.2 Å². The molecule has 0 unspecified atom stereocenters. The summed E-state index contributed by atoms with van der Waals surface area (Å²) in [6.07, 6.45) is 0.862. The van der Waals surface area contributed by atoms with Crippen LogP contribution in [0.4, 0.5) is 4.39 Å². The van der Waals surface area contributed by atoms with Gasteiger partial charge in [0, 0.05) is 18.2 Å². The fraction of sp³-hybridized carbons (Fsp3) is 0.133. The Hall–Kier alpha value is -2.76. The van der Waals surface area contributed by atoms with Crippen LogP contribution in [-0.4, -0.2) is 28.4 Å². The highest BCUT2D eigenvalue weighted by Gasteiger charge is 2.15. The molecule has 6 heteroatoms. The fourth-order valence-corrected chi connectivity index (χ4v) is 1.81. The summed E-state index contributed by atoms with van der Waals surface area (Å²) in [7, 11) is 0. The molecule has 0 aliphatic heterocycles. The minimum atomic E-state index is -0.844. The Labute approximate surface area is 122 Å². The third-order valence-corrected chi connectivity index (χ3v) is 2.83. The van der Waals surface area contributed by atoms with Crippen molar-refractivity contribution in [3.8, 4) is 16.9 Å². The van der Waals surface area contributed by atoms with Crippen LogP contribution in [0.3, 0.4) is 0 Å². The van der Waals surface area contributed by atoms with Crippen molar-refractivity contribution in [3.05, 3.63) is 48.0 Å². The second-order valence-corrected chi connectivity index (χ2v) is 4.38. The van der Waals surface area contributed by atoms with Crippen molar-refractivity contribution in [1.82, 2.24) is 4.98 Å². The second-order valence-electron chi connectivity index (χ2n) is 4.38. The highest BCUT2D eigenvalue weighted by molar-refractivity contribution is 5.98. The molecule has 2 rings (SSSR count). The number of aromatic nitrogens is 1. The molecular weight excluding hydrogens is 277 g/mol. The number of Topliss-reactive ketones (excluding diaryl/α,β-unsaturated/α-hetero) is 1. The summed E-state index contributed by atoms with van der Waals surface area (Å²) in [5.74, 6) is -1.90. The van der Waals surface area contributed by atoms with Crippen molar-refractivity contribution in [2.24, 2.45) is 0 Å². The van der Waals surface area contributed by atoms with E-state index in [2.05, 4.69) is 15.2 Å². The summed E-state index contributed by atoms with van der Waals surface area (Å²) >= 11 is 0. The van der Waals surface area contributed by atoms with Gasteiger partial charge in [0.05, 0.1) is 6.42 Å². The number of carbonyl (C=O) groups is 2. The number of hydrogen-bond donors (Lipinski definition) is 2. The summed E-state index contributed by atoms with van der Waals surface area (Å²) < 4.78 is 26.7. The zero-order valence-electron chi connectivity index (χ0n) is 12.8. The molecule has 5 nitrogen and oxygen atoms in total. The van der Waals surface area contributed by atoms with E-state index in [1.54, 1.807) is 6.07 Å². The number of carboxylic acid groups (broad SMARTS) is 1. The van der Waals surface area contributed by atoms with Gasteiger partial charge in [-0.25, -0.2) is 9.37 Å². The lowest BCUT2D eigenvalue weighted by molar-refractivity contribution is -0.136. The Kier molecular flexibility index (Phi) is 3.51. The van der Waals surface area contributed by atoms with Crippen LogP contribution in [0.25, 0.3) is 12.6 Å². The number of nitrogens with zero attached hydrogens (tertiary/aromatic N) is 1. The molecule has 1 aromatic heterocycles. The van der Waals surface area contributed by atoms with Gasteiger partial charge in [0.25, 0.3) is 2.86 Å². The van der Waals surface area contributed by atoms with Crippen LogP contribution < -0.4 is 0 Å². The lowest BCUT2D eigenvalue weighted by Gasteiger charge is -2.06. The van der Waals surface area contributed by atoms with E-state index in [0.717, 1.165) is 0 Å². The van der Waals surface area contributed by atoms with E-state index in [9.17, 15) is 14.0 Å². The van der Waals surface area contributed by atoms with Gasteiger partial charge in [-0.05, 0) is 23.8 Å². The number of benzene rings is 1. The fourth-order valence-electron chi connectivity index (χ4n) is 1.81. The van der Waals surface area contributed by atoms with Crippen LogP contribution in [0.5, 0.6) is 5.75 Å². The largest absolute Gasteiger partial charge is 0.506 e. The first-order chi connectivity index (χ1) is 11.0. The molecule has 0 aliphatic carbocycles. The lowest BCUT2D eigenvalue weighted by atomic mass is 10.1. The van der Waals surface area contributed by atoms with Gasteiger partial charge in [0.1, 0.15) is 17.3 Å². The Morgan fingerprint density at radius 3 is 2.81 bits per heavy atom. The average Bonchev–Trinajstić information content (AvgIpc) is 2.58. The summed E-state index contributed by atoms with van der Waals surface area (Å²) in [5, 5.41) is 8.13. The first-order valence-electron chi connectivity index (χ1n) is 6.95. The quantitative estimate of drug-likeness (QED) is 0.799.